The normalized spacial score (nSPS) is 14.2. The molecule has 1 N–H and O–H groups in total. The van der Waals surface area contributed by atoms with Crippen LogP contribution in [0.25, 0.3) is 0 Å². The second-order valence-corrected chi connectivity index (χ2v) is 14.0. The number of hydrogen-bond donors (Lipinski definition) is 1. The Kier molecular flexibility index (Phi) is 9.46. The van der Waals surface area contributed by atoms with Gasteiger partial charge in [0.1, 0.15) is 24.3 Å². The third-order valence-electron chi connectivity index (χ3n) is 8.86. The highest BCUT2D eigenvalue weighted by Gasteiger charge is 2.41. The van der Waals surface area contributed by atoms with E-state index in [4.69, 9.17) is 9.47 Å². The number of sulfonamides is 1. The maximum atomic E-state index is 14.9. The zero-order chi connectivity index (χ0) is 35.4. The summed E-state index contributed by atoms with van der Waals surface area (Å²) < 4.78 is 42.0. The molecule has 1 aliphatic heterocycles. The van der Waals surface area contributed by atoms with Crippen molar-refractivity contribution in [2.24, 2.45) is 0 Å². The minimum Gasteiger partial charge on any atom is -0.497 e. The number of ether oxygens (including phenoxy) is 2. The summed E-state index contributed by atoms with van der Waals surface area (Å²) in [5, 5.41) is 0. The highest BCUT2D eigenvalue weighted by Crippen LogP contribution is 2.45. The van der Waals surface area contributed by atoms with Gasteiger partial charge >= 0.3 is 0 Å². The fraction of sp³-hybridized carbons (Fsp3) is 0.119. The smallest absolute Gasteiger partial charge is 0.262 e. The third-order valence-corrected chi connectivity index (χ3v) is 10.2. The van der Waals surface area contributed by atoms with Crippen molar-refractivity contribution >= 4 is 33.0 Å². The van der Waals surface area contributed by atoms with Gasteiger partial charge in [0.15, 0.2) is 0 Å². The summed E-state index contributed by atoms with van der Waals surface area (Å²) in [6, 6.07) is 46.8. The van der Waals surface area contributed by atoms with Gasteiger partial charge in [-0.05, 0) is 78.7 Å². The van der Waals surface area contributed by atoms with Gasteiger partial charge < -0.3 is 14.4 Å². The van der Waals surface area contributed by atoms with E-state index >= 15 is 0 Å². The lowest BCUT2D eigenvalue weighted by atomic mass is 9.98. The van der Waals surface area contributed by atoms with Crippen LogP contribution in [0.15, 0.2) is 157 Å². The van der Waals surface area contributed by atoms with Gasteiger partial charge in [-0.25, -0.2) is 8.42 Å². The van der Waals surface area contributed by atoms with E-state index < -0.39 is 16.2 Å². The Hall–Kier alpha value is -6.06. The van der Waals surface area contributed by atoms with Gasteiger partial charge in [0.05, 0.1) is 23.3 Å². The molecule has 1 heterocycles. The molecule has 6 aromatic carbocycles. The molecule has 9 heteroatoms. The van der Waals surface area contributed by atoms with Gasteiger partial charge in [-0.15, -0.1) is 0 Å². The predicted octanol–water partition coefficient (Wildman–Crippen LogP) is 8.75. The Bertz CT molecular complexity index is 2250. The van der Waals surface area contributed by atoms with Crippen LogP contribution in [0.1, 0.15) is 38.8 Å². The van der Waals surface area contributed by atoms with Gasteiger partial charge in [-0.2, -0.15) is 0 Å². The zero-order valence-electron chi connectivity index (χ0n) is 28.3. The van der Waals surface area contributed by atoms with E-state index in [9.17, 15) is 13.2 Å². The third kappa shape index (κ3) is 7.15. The van der Waals surface area contributed by atoms with Crippen LogP contribution < -0.4 is 24.0 Å². The molecule has 0 aliphatic carbocycles. The first-order chi connectivity index (χ1) is 24.8. The first-order valence-electron chi connectivity index (χ1n) is 16.6. The molecule has 0 bridgehead atoms. The molecule has 0 spiro atoms. The molecule has 0 radical (unpaired) electrons. The number of aryl methyl sites for hydroxylation is 1. The maximum Gasteiger partial charge on any atom is 0.262 e. The minimum atomic E-state index is -4.03. The van der Waals surface area contributed by atoms with E-state index in [1.165, 1.54) is 6.07 Å². The van der Waals surface area contributed by atoms with Crippen molar-refractivity contribution in [2.45, 2.75) is 31.1 Å². The molecule has 8 nitrogen and oxygen atoms in total. The number of nitrogens with one attached hydrogen (secondary N) is 1. The molecule has 0 saturated heterocycles. The predicted molar refractivity (Wildman–Crippen MR) is 201 cm³/mol. The molecule has 6 aromatic rings. The molecule has 1 aliphatic rings. The molecule has 0 fully saturated rings. The Morgan fingerprint density at radius 2 is 1.37 bits per heavy atom. The quantitative estimate of drug-likeness (QED) is 0.146. The van der Waals surface area contributed by atoms with Crippen molar-refractivity contribution in [2.75, 3.05) is 21.6 Å². The molecule has 0 saturated carbocycles. The van der Waals surface area contributed by atoms with Crippen LogP contribution in [-0.2, 0) is 23.2 Å². The molecule has 1 amide bonds. The maximum absolute atomic E-state index is 14.9. The SMILES string of the molecule is COc1ccc(N2C(=O)c3cc(S(=O)(=O)Nc4ccc(C)cc4)ccc3N(Cc3ccccc3)[C@@H]2c2ccccc2OCc2ccccc2)cc1. The standard InChI is InChI=1S/C42H37N3O5S/c1-30-17-19-33(20-18-30)43-51(47,48)36-25-26-39-38(27-36)42(46)45(34-21-23-35(49-2)24-22-34)41(44(39)28-31-11-5-3-6-12-31)37-15-9-10-16-40(37)50-29-32-13-7-4-8-14-32/h3-27,41,43H,28-29H2,1-2H3/t41-/m0/s1. The van der Waals surface area contributed by atoms with Crippen LogP contribution in [-0.4, -0.2) is 21.4 Å². The van der Waals surface area contributed by atoms with Crippen molar-refractivity contribution in [3.8, 4) is 11.5 Å². The Morgan fingerprint density at radius 1 is 0.725 bits per heavy atom. The number of carbonyl (C=O) groups is 1. The van der Waals surface area contributed by atoms with Gasteiger partial charge in [-0.1, -0.05) is 96.6 Å². The van der Waals surface area contributed by atoms with E-state index in [-0.39, 0.29) is 16.4 Å². The zero-order valence-corrected chi connectivity index (χ0v) is 29.1. The van der Waals surface area contributed by atoms with Crippen LogP contribution >= 0.6 is 0 Å². The number of amides is 1. The molecule has 256 valence electrons. The van der Waals surface area contributed by atoms with Crippen LogP contribution in [0.5, 0.6) is 11.5 Å². The summed E-state index contributed by atoms with van der Waals surface area (Å²) >= 11 is 0. The average molecular weight is 696 g/mol. The molecule has 0 unspecified atom stereocenters. The summed E-state index contributed by atoms with van der Waals surface area (Å²) in [5.41, 5.74) is 5.71. The summed E-state index contributed by atoms with van der Waals surface area (Å²) in [5.74, 6) is 0.916. The van der Waals surface area contributed by atoms with Crippen molar-refractivity contribution in [3.05, 3.63) is 179 Å². The number of hydrogen-bond acceptors (Lipinski definition) is 6. The lowest BCUT2D eigenvalue weighted by Crippen LogP contribution is -2.49. The van der Waals surface area contributed by atoms with E-state index in [0.29, 0.717) is 41.7 Å². The van der Waals surface area contributed by atoms with Crippen LogP contribution in [0, 0.1) is 6.92 Å². The number of methoxy groups -OCH3 is 1. The van der Waals surface area contributed by atoms with Crippen LogP contribution in [0.2, 0.25) is 0 Å². The van der Waals surface area contributed by atoms with Crippen molar-refractivity contribution in [1.82, 2.24) is 0 Å². The molecule has 1 atom stereocenters. The number of anilines is 3. The fourth-order valence-electron chi connectivity index (χ4n) is 6.27. The number of benzene rings is 6. The number of carbonyl (C=O) groups excluding carboxylic acids is 1. The largest absolute Gasteiger partial charge is 0.497 e. The van der Waals surface area contributed by atoms with Gasteiger partial charge in [-0.3, -0.25) is 14.4 Å². The van der Waals surface area contributed by atoms with Crippen LogP contribution in [0.4, 0.5) is 17.1 Å². The van der Waals surface area contributed by atoms with Gasteiger partial charge in [0.2, 0.25) is 0 Å². The average Bonchev–Trinajstić information content (AvgIpc) is 3.16. The lowest BCUT2D eigenvalue weighted by molar-refractivity contribution is 0.0967. The van der Waals surface area contributed by atoms with Crippen molar-refractivity contribution in [3.63, 3.8) is 0 Å². The van der Waals surface area contributed by atoms with Gasteiger partial charge in [0, 0.05) is 23.5 Å². The first-order valence-corrected chi connectivity index (χ1v) is 18.1. The molecule has 7 rings (SSSR count). The van der Waals surface area contributed by atoms with Crippen molar-refractivity contribution < 1.29 is 22.7 Å². The molecular weight excluding hydrogens is 659 g/mol. The van der Waals surface area contributed by atoms with E-state index in [2.05, 4.69) is 9.62 Å². The summed E-state index contributed by atoms with van der Waals surface area (Å²) in [6.07, 6.45) is -0.668. The Morgan fingerprint density at radius 3 is 2.06 bits per heavy atom. The molecular formula is C42H37N3O5S. The van der Waals surface area contributed by atoms with Crippen LogP contribution in [0.3, 0.4) is 0 Å². The van der Waals surface area contributed by atoms with E-state index in [1.807, 2.05) is 116 Å². The summed E-state index contributed by atoms with van der Waals surface area (Å²) in [6.45, 7) is 2.69. The Labute approximate surface area is 298 Å². The number of fused-ring (bicyclic) bond motifs is 1. The highest BCUT2D eigenvalue weighted by molar-refractivity contribution is 7.92. The van der Waals surface area contributed by atoms with E-state index in [0.717, 1.165) is 22.3 Å². The Balaban J connectivity index is 1.38. The fourth-order valence-corrected chi connectivity index (χ4v) is 7.36. The number of rotatable bonds is 11. The lowest BCUT2D eigenvalue weighted by Gasteiger charge is -2.46. The highest BCUT2D eigenvalue weighted by atomic mass is 32.2. The minimum absolute atomic E-state index is 0.0189. The summed E-state index contributed by atoms with van der Waals surface area (Å²) in [7, 11) is -2.44. The topological polar surface area (TPSA) is 88.2 Å². The second kappa shape index (κ2) is 14.4. The van der Waals surface area contributed by atoms with Gasteiger partial charge in [0.25, 0.3) is 15.9 Å². The van der Waals surface area contributed by atoms with E-state index in [1.54, 1.807) is 48.4 Å². The monoisotopic (exact) mass is 695 g/mol. The molecule has 51 heavy (non-hydrogen) atoms. The van der Waals surface area contributed by atoms with Crippen molar-refractivity contribution in [1.29, 1.82) is 0 Å². The first kappa shape index (κ1) is 33.4. The summed E-state index contributed by atoms with van der Waals surface area (Å²) in [4.78, 5) is 18.7. The number of para-hydroxylation sites is 1. The number of nitrogens with zero attached hydrogens (tertiary/aromatic N) is 2. The molecule has 0 aromatic heterocycles. The second-order valence-electron chi connectivity index (χ2n) is 12.3.